The molecule has 0 saturated carbocycles. The van der Waals surface area contributed by atoms with Crippen molar-refractivity contribution >= 4 is 28.9 Å². The van der Waals surface area contributed by atoms with Crippen LogP contribution >= 0.6 is 11.6 Å². The number of nitrogens with zero attached hydrogens (tertiary/aromatic N) is 1. The van der Waals surface area contributed by atoms with E-state index < -0.39 is 0 Å². The Kier molecular flexibility index (Phi) is 5.40. The SMILES string of the molecule is Cc1c(Cl)cccc1NCCC(=O)Nc1ccccc1C#N. The third kappa shape index (κ3) is 4.00. The lowest BCUT2D eigenvalue weighted by Crippen LogP contribution is -2.17. The molecule has 0 bridgehead atoms. The molecule has 0 atom stereocenters. The number of hydrogen-bond donors (Lipinski definition) is 2. The van der Waals surface area contributed by atoms with Gasteiger partial charge in [0.05, 0.1) is 11.3 Å². The van der Waals surface area contributed by atoms with E-state index in [4.69, 9.17) is 16.9 Å². The van der Waals surface area contributed by atoms with Crippen LogP contribution in [-0.4, -0.2) is 12.5 Å². The third-order valence-corrected chi connectivity index (χ3v) is 3.67. The van der Waals surface area contributed by atoms with Crippen LogP contribution in [0.15, 0.2) is 42.5 Å². The highest BCUT2D eigenvalue weighted by Gasteiger charge is 2.07. The first-order chi connectivity index (χ1) is 10.6. The fourth-order valence-corrected chi connectivity index (χ4v) is 2.19. The van der Waals surface area contributed by atoms with Gasteiger partial charge in [0, 0.05) is 23.7 Å². The Morgan fingerprint density at radius 1 is 1.18 bits per heavy atom. The van der Waals surface area contributed by atoms with Crippen molar-refractivity contribution in [2.75, 3.05) is 17.2 Å². The summed E-state index contributed by atoms with van der Waals surface area (Å²) in [6, 6.07) is 14.6. The van der Waals surface area contributed by atoms with Crippen molar-refractivity contribution < 1.29 is 4.79 Å². The zero-order chi connectivity index (χ0) is 15.9. The second-order valence-corrected chi connectivity index (χ2v) is 5.20. The van der Waals surface area contributed by atoms with E-state index in [2.05, 4.69) is 16.7 Å². The molecule has 0 aromatic heterocycles. The minimum Gasteiger partial charge on any atom is -0.384 e. The summed E-state index contributed by atoms with van der Waals surface area (Å²) in [5.41, 5.74) is 2.86. The predicted octanol–water partition coefficient (Wildman–Crippen LogP) is 3.96. The molecule has 0 unspecified atom stereocenters. The molecular weight excluding hydrogens is 298 g/mol. The molecule has 0 aliphatic rings. The van der Waals surface area contributed by atoms with Crippen LogP contribution in [0.1, 0.15) is 17.5 Å². The molecule has 0 aliphatic carbocycles. The molecule has 5 heteroatoms. The minimum absolute atomic E-state index is 0.144. The summed E-state index contributed by atoms with van der Waals surface area (Å²) >= 11 is 6.05. The minimum atomic E-state index is -0.144. The Morgan fingerprint density at radius 3 is 2.68 bits per heavy atom. The topological polar surface area (TPSA) is 64.9 Å². The number of amides is 1. The zero-order valence-electron chi connectivity index (χ0n) is 12.2. The molecule has 0 aliphatic heterocycles. The summed E-state index contributed by atoms with van der Waals surface area (Å²) in [5.74, 6) is -0.144. The number of nitriles is 1. The van der Waals surface area contributed by atoms with Crippen molar-refractivity contribution in [3.05, 3.63) is 58.6 Å². The highest BCUT2D eigenvalue weighted by atomic mass is 35.5. The first kappa shape index (κ1) is 15.9. The molecule has 1 amide bonds. The number of para-hydroxylation sites is 1. The highest BCUT2D eigenvalue weighted by Crippen LogP contribution is 2.22. The van der Waals surface area contributed by atoms with Gasteiger partial charge in [0.25, 0.3) is 0 Å². The third-order valence-electron chi connectivity index (χ3n) is 3.26. The number of anilines is 2. The van der Waals surface area contributed by atoms with Gasteiger partial charge in [-0.1, -0.05) is 29.8 Å². The van der Waals surface area contributed by atoms with E-state index in [1.165, 1.54) is 0 Å². The van der Waals surface area contributed by atoms with E-state index in [-0.39, 0.29) is 5.91 Å². The summed E-state index contributed by atoms with van der Waals surface area (Å²) in [6.45, 7) is 2.41. The molecule has 4 nitrogen and oxygen atoms in total. The van der Waals surface area contributed by atoms with Gasteiger partial charge >= 0.3 is 0 Å². The van der Waals surface area contributed by atoms with Crippen LogP contribution in [0.2, 0.25) is 5.02 Å². The summed E-state index contributed by atoms with van der Waals surface area (Å²) in [4.78, 5) is 11.9. The molecule has 0 radical (unpaired) electrons. The first-order valence-corrected chi connectivity index (χ1v) is 7.27. The fraction of sp³-hybridized carbons (Fsp3) is 0.176. The normalized spacial score (nSPS) is 9.86. The molecule has 112 valence electrons. The lowest BCUT2D eigenvalue weighted by molar-refractivity contribution is -0.115. The molecule has 2 N–H and O–H groups in total. The Labute approximate surface area is 134 Å². The largest absolute Gasteiger partial charge is 0.384 e. The van der Waals surface area contributed by atoms with Gasteiger partial charge < -0.3 is 10.6 Å². The van der Waals surface area contributed by atoms with Crippen LogP contribution in [0.4, 0.5) is 11.4 Å². The van der Waals surface area contributed by atoms with Gasteiger partial charge in [0.2, 0.25) is 5.91 Å². The van der Waals surface area contributed by atoms with E-state index in [1.807, 2.05) is 25.1 Å². The van der Waals surface area contributed by atoms with Crippen LogP contribution in [0.25, 0.3) is 0 Å². The van der Waals surface area contributed by atoms with Gasteiger partial charge in [-0.05, 0) is 36.8 Å². The van der Waals surface area contributed by atoms with Gasteiger partial charge in [-0.3, -0.25) is 4.79 Å². The number of hydrogen-bond acceptors (Lipinski definition) is 3. The Bertz CT molecular complexity index is 722. The lowest BCUT2D eigenvalue weighted by Gasteiger charge is -2.11. The molecular formula is C17H16ClN3O. The van der Waals surface area contributed by atoms with Crippen LogP contribution in [0.5, 0.6) is 0 Å². The number of carbonyl (C=O) groups excluding carboxylic acids is 1. The highest BCUT2D eigenvalue weighted by molar-refractivity contribution is 6.31. The van der Waals surface area contributed by atoms with E-state index >= 15 is 0 Å². The van der Waals surface area contributed by atoms with Crippen molar-refractivity contribution in [3.63, 3.8) is 0 Å². The van der Waals surface area contributed by atoms with E-state index in [1.54, 1.807) is 24.3 Å². The van der Waals surface area contributed by atoms with Gasteiger partial charge in [-0.2, -0.15) is 5.26 Å². The molecule has 2 rings (SSSR count). The standard InChI is InChI=1S/C17H16ClN3O/c1-12-14(18)6-4-8-15(12)20-10-9-17(22)21-16-7-3-2-5-13(16)11-19/h2-8,20H,9-10H2,1H3,(H,21,22). The van der Waals surface area contributed by atoms with Crippen LogP contribution in [0, 0.1) is 18.3 Å². The van der Waals surface area contributed by atoms with Gasteiger partial charge in [0.1, 0.15) is 6.07 Å². The van der Waals surface area contributed by atoms with E-state index in [0.717, 1.165) is 11.3 Å². The molecule has 2 aromatic carbocycles. The first-order valence-electron chi connectivity index (χ1n) is 6.90. The maximum absolute atomic E-state index is 11.9. The predicted molar refractivity (Wildman–Crippen MR) is 89.1 cm³/mol. The second-order valence-electron chi connectivity index (χ2n) is 4.79. The quantitative estimate of drug-likeness (QED) is 0.878. The molecule has 0 heterocycles. The molecule has 0 spiro atoms. The molecule has 22 heavy (non-hydrogen) atoms. The van der Waals surface area contributed by atoms with Crippen molar-refractivity contribution in [3.8, 4) is 6.07 Å². The maximum atomic E-state index is 11.9. The average molecular weight is 314 g/mol. The summed E-state index contributed by atoms with van der Waals surface area (Å²) < 4.78 is 0. The van der Waals surface area contributed by atoms with Crippen molar-refractivity contribution in [2.45, 2.75) is 13.3 Å². The molecule has 2 aromatic rings. The zero-order valence-corrected chi connectivity index (χ0v) is 12.9. The average Bonchev–Trinajstić information content (AvgIpc) is 2.52. The number of halogens is 1. The van der Waals surface area contributed by atoms with Gasteiger partial charge in [-0.25, -0.2) is 0 Å². The monoisotopic (exact) mass is 313 g/mol. The number of rotatable bonds is 5. The summed E-state index contributed by atoms with van der Waals surface area (Å²) in [5, 5.41) is 15.6. The van der Waals surface area contributed by atoms with Gasteiger partial charge in [0.15, 0.2) is 0 Å². The van der Waals surface area contributed by atoms with Crippen LogP contribution in [0.3, 0.4) is 0 Å². The number of carbonyl (C=O) groups is 1. The Balaban J connectivity index is 1.88. The van der Waals surface area contributed by atoms with E-state index in [0.29, 0.717) is 29.2 Å². The van der Waals surface area contributed by atoms with Crippen LogP contribution < -0.4 is 10.6 Å². The van der Waals surface area contributed by atoms with Crippen molar-refractivity contribution in [1.29, 1.82) is 5.26 Å². The maximum Gasteiger partial charge on any atom is 0.226 e. The van der Waals surface area contributed by atoms with E-state index in [9.17, 15) is 4.79 Å². The second kappa shape index (κ2) is 7.48. The van der Waals surface area contributed by atoms with Crippen molar-refractivity contribution in [1.82, 2.24) is 0 Å². The Hall–Kier alpha value is -2.51. The van der Waals surface area contributed by atoms with Gasteiger partial charge in [-0.15, -0.1) is 0 Å². The number of nitrogens with one attached hydrogen (secondary N) is 2. The van der Waals surface area contributed by atoms with Crippen molar-refractivity contribution in [2.24, 2.45) is 0 Å². The molecule has 0 saturated heterocycles. The van der Waals surface area contributed by atoms with Crippen LogP contribution in [-0.2, 0) is 4.79 Å². The molecule has 0 fully saturated rings. The fourth-order valence-electron chi connectivity index (χ4n) is 2.01. The Morgan fingerprint density at radius 2 is 1.91 bits per heavy atom. The smallest absolute Gasteiger partial charge is 0.226 e. The lowest BCUT2D eigenvalue weighted by atomic mass is 10.2. The summed E-state index contributed by atoms with van der Waals surface area (Å²) in [6.07, 6.45) is 0.297. The summed E-state index contributed by atoms with van der Waals surface area (Å²) in [7, 11) is 0. The number of benzene rings is 2.